The van der Waals surface area contributed by atoms with Crippen molar-refractivity contribution in [2.75, 3.05) is 12.4 Å². The van der Waals surface area contributed by atoms with Gasteiger partial charge in [0, 0.05) is 23.7 Å². The number of aromatic nitrogens is 3. The summed E-state index contributed by atoms with van der Waals surface area (Å²) >= 11 is 1.63. The molecule has 1 amide bonds. The second-order valence-electron chi connectivity index (χ2n) is 7.55. The number of nitrogens with zero attached hydrogens (tertiary/aromatic N) is 3. The number of aryl methyl sites for hydroxylation is 1. The maximum Gasteiger partial charge on any atom is 0.247 e. The van der Waals surface area contributed by atoms with Crippen molar-refractivity contribution in [2.24, 2.45) is 0 Å². The molecule has 0 saturated carbocycles. The minimum atomic E-state index is -0.421. The molecule has 0 unspecified atom stereocenters. The molecular weight excluding hydrogens is 420 g/mol. The number of anilines is 1. The summed E-state index contributed by atoms with van der Waals surface area (Å²) in [6.07, 6.45) is 4.13. The van der Waals surface area contributed by atoms with Gasteiger partial charge in [0.05, 0.1) is 24.3 Å². The first-order valence-corrected chi connectivity index (χ1v) is 11.5. The molecular formula is C25H26N4O2S. The van der Waals surface area contributed by atoms with Gasteiger partial charge < -0.3 is 14.6 Å². The average molecular weight is 447 g/mol. The van der Waals surface area contributed by atoms with E-state index in [1.807, 2.05) is 41.8 Å². The Hall–Kier alpha value is -3.32. The Morgan fingerprint density at radius 1 is 1.19 bits per heavy atom. The molecule has 2 aromatic carbocycles. The second kappa shape index (κ2) is 9.87. The minimum Gasteiger partial charge on any atom is -0.497 e. The molecule has 6 nitrogen and oxygen atoms in total. The van der Waals surface area contributed by atoms with Crippen LogP contribution in [0.4, 0.5) is 5.69 Å². The zero-order valence-electron chi connectivity index (χ0n) is 18.4. The molecule has 0 bridgehead atoms. The molecule has 0 aliphatic heterocycles. The van der Waals surface area contributed by atoms with E-state index in [0.29, 0.717) is 17.9 Å². The highest BCUT2D eigenvalue weighted by Gasteiger charge is 2.25. The van der Waals surface area contributed by atoms with Gasteiger partial charge in [-0.1, -0.05) is 54.6 Å². The van der Waals surface area contributed by atoms with E-state index in [2.05, 4.69) is 41.5 Å². The summed E-state index contributed by atoms with van der Waals surface area (Å²) in [5, 5.41) is 3.84. The highest BCUT2D eigenvalue weighted by Crippen LogP contribution is 2.32. The SMILES string of the molecule is CC[C@H](C(=O)Nc1cccc(OC)c1)n1c(SCc2cccc(C)c2)nc2ccncc21. The molecule has 2 aromatic heterocycles. The maximum atomic E-state index is 13.3. The van der Waals surface area contributed by atoms with Crippen LogP contribution in [0.15, 0.2) is 72.1 Å². The van der Waals surface area contributed by atoms with E-state index in [-0.39, 0.29) is 5.91 Å². The number of methoxy groups -OCH3 is 1. The van der Waals surface area contributed by atoms with Gasteiger partial charge in [0.15, 0.2) is 5.16 Å². The van der Waals surface area contributed by atoms with Gasteiger partial charge in [0.25, 0.3) is 0 Å². The molecule has 4 rings (SSSR count). The number of thioether (sulfide) groups is 1. The van der Waals surface area contributed by atoms with E-state index >= 15 is 0 Å². The summed E-state index contributed by atoms with van der Waals surface area (Å²) in [4.78, 5) is 22.4. The van der Waals surface area contributed by atoms with Crippen LogP contribution in [0.25, 0.3) is 11.0 Å². The van der Waals surface area contributed by atoms with E-state index in [0.717, 1.165) is 21.9 Å². The van der Waals surface area contributed by atoms with E-state index in [4.69, 9.17) is 9.72 Å². The Labute approximate surface area is 192 Å². The second-order valence-corrected chi connectivity index (χ2v) is 8.49. The number of rotatable bonds is 8. The summed E-state index contributed by atoms with van der Waals surface area (Å²) < 4.78 is 7.29. The lowest BCUT2D eigenvalue weighted by atomic mass is 10.2. The van der Waals surface area contributed by atoms with Crippen molar-refractivity contribution in [2.45, 2.75) is 37.2 Å². The Balaban J connectivity index is 1.65. The number of imidazole rings is 1. The first kappa shape index (κ1) is 21.9. The van der Waals surface area contributed by atoms with Crippen molar-refractivity contribution in [3.8, 4) is 5.75 Å². The zero-order chi connectivity index (χ0) is 22.5. The first-order chi connectivity index (χ1) is 15.6. The topological polar surface area (TPSA) is 69.0 Å². The molecule has 2 heterocycles. The molecule has 164 valence electrons. The number of ether oxygens (including phenoxy) is 1. The Morgan fingerprint density at radius 2 is 2.03 bits per heavy atom. The smallest absolute Gasteiger partial charge is 0.247 e. The van der Waals surface area contributed by atoms with E-state index in [9.17, 15) is 4.79 Å². The van der Waals surface area contributed by atoms with Crippen molar-refractivity contribution >= 4 is 34.4 Å². The molecule has 0 aliphatic rings. The molecule has 1 N–H and O–H groups in total. The molecule has 0 aliphatic carbocycles. The normalized spacial score (nSPS) is 12.0. The molecule has 0 saturated heterocycles. The predicted octanol–water partition coefficient (Wildman–Crippen LogP) is 5.63. The van der Waals surface area contributed by atoms with Crippen molar-refractivity contribution in [1.82, 2.24) is 14.5 Å². The van der Waals surface area contributed by atoms with Crippen LogP contribution in [-0.4, -0.2) is 27.6 Å². The van der Waals surface area contributed by atoms with Crippen molar-refractivity contribution in [1.29, 1.82) is 0 Å². The number of nitrogens with one attached hydrogen (secondary N) is 1. The number of carbonyl (C=O) groups is 1. The van der Waals surface area contributed by atoms with Crippen LogP contribution in [0.1, 0.15) is 30.5 Å². The molecule has 4 aromatic rings. The number of carbonyl (C=O) groups excluding carboxylic acids is 1. The van der Waals surface area contributed by atoms with Crippen LogP contribution in [0, 0.1) is 6.92 Å². The van der Waals surface area contributed by atoms with Crippen LogP contribution >= 0.6 is 11.8 Å². The van der Waals surface area contributed by atoms with E-state index in [1.165, 1.54) is 11.1 Å². The number of hydrogen-bond donors (Lipinski definition) is 1. The highest BCUT2D eigenvalue weighted by molar-refractivity contribution is 7.98. The summed E-state index contributed by atoms with van der Waals surface area (Å²) in [5.74, 6) is 1.37. The predicted molar refractivity (Wildman–Crippen MR) is 129 cm³/mol. The third-order valence-electron chi connectivity index (χ3n) is 5.25. The molecule has 0 radical (unpaired) electrons. The number of fused-ring (bicyclic) bond motifs is 1. The quantitative estimate of drug-likeness (QED) is 0.355. The summed E-state index contributed by atoms with van der Waals surface area (Å²) in [6, 6.07) is 17.3. The van der Waals surface area contributed by atoms with Crippen LogP contribution in [-0.2, 0) is 10.5 Å². The summed E-state index contributed by atoms with van der Waals surface area (Å²) in [6.45, 7) is 4.10. The lowest BCUT2D eigenvalue weighted by molar-refractivity contribution is -0.119. The van der Waals surface area contributed by atoms with Gasteiger partial charge >= 0.3 is 0 Å². The van der Waals surface area contributed by atoms with E-state index in [1.54, 1.807) is 31.3 Å². The van der Waals surface area contributed by atoms with Gasteiger partial charge in [0.1, 0.15) is 11.8 Å². The van der Waals surface area contributed by atoms with Gasteiger partial charge in [-0.2, -0.15) is 0 Å². The Kier molecular flexibility index (Phi) is 6.75. The third kappa shape index (κ3) is 4.78. The van der Waals surface area contributed by atoms with Crippen LogP contribution < -0.4 is 10.1 Å². The number of pyridine rings is 1. The van der Waals surface area contributed by atoms with Crippen LogP contribution in [0.3, 0.4) is 0 Å². The third-order valence-corrected chi connectivity index (χ3v) is 6.27. The maximum absolute atomic E-state index is 13.3. The lowest BCUT2D eigenvalue weighted by Gasteiger charge is -2.20. The molecule has 32 heavy (non-hydrogen) atoms. The van der Waals surface area contributed by atoms with Crippen LogP contribution in [0.5, 0.6) is 5.75 Å². The van der Waals surface area contributed by atoms with Gasteiger partial charge in [0.2, 0.25) is 5.91 Å². The standard InChI is InChI=1S/C25H26N4O2S/c1-4-22(24(30)27-19-9-6-10-20(14-19)31-3)29-23-15-26-12-11-21(23)28-25(29)32-16-18-8-5-7-17(2)13-18/h5-15,22H,4,16H2,1-3H3,(H,27,30)/t22-/m1/s1. The molecule has 0 fully saturated rings. The zero-order valence-corrected chi connectivity index (χ0v) is 19.2. The highest BCUT2D eigenvalue weighted by atomic mass is 32.2. The fourth-order valence-corrected chi connectivity index (χ4v) is 4.69. The molecule has 1 atom stereocenters. The van der Waals surface area contributed by atoms with E-state index < -0.39 is 6.04 Å². The summed E-state index contributed by atoms with van der Waals surface area (Å²) in [5.41, 5.74) is 4.83. The minimum absolute atomic E-state index is 0.0960. The number of benzene rings is 2. The fraction of sp³-hybridized carbons (Fsp3) is 0.240. The lowest BCUT2D eigenvalue weighted by Crippen LogP contribution is -2.26. The van der Waals surface area contributed by atoms with Gasteiger partial charge in [-0.15, -0.1) is 0 Å². The summed E-state index contributed by atoms with van der Waals surface area (Å²) in [7, 11) is 1.61. The van der Waals surface area contributed by atoms with Gasteiger partial charge in [-0.25, -0.2) is 4.98 Å². The average Bonchev–Trinajstić information content (AvgIpc) is 3.17. The molecule has 0 spiro atoms. The Morgan fingerprint density at radius 3 is 2.81 bits per heavy atom. The monoisotopic (exact) mass is 446 g/mol. The number of hydrogen-bond acceptors (Lipinski definition) is 5. The van der Waals surface area contributed by atoms with Gasteiger partial charge in [-0.3, -0.25) is 9.78 Å². The van der Waals surface area contributed by atoms with Crippen LogP contribution in [0.2, 0.25) is 0 Å². The fourth-order valence-electron chi connectivity index (χ4n) is 3.68. The van der Waals surface area contributed by atoms with Crippen molar-refractivity contribution in [3.05, 3.63) is 78.1 Å². The first-order valence-electron chi connectivity index (χ1n) is 10.5. The largest absolute Gasteiger partial charge is 0.497 e. The number of amides is 1. The van der Waals surface area contributed by atoms with Gasteiger partial charge in [-0.05, 0) is 37.1 Å². The molecule has 7 heteroatoms. The Bertz CT molecular complexity index is 1240. The van der Waals surface area contributed by atoms with Crippen molar-refractivity contribution < 1.29 is 9.53 Å². The van der Waals surface area contributed by atoms with Crippen molar-refractivity contribution in [3.63, 3.8) is 0 Å².